The van der Waals surface area contributed by atoms with Gasteiger partial charge in [-0.25, -0.2) is 4.79 Å². The van der Waals surface area contributed by atoms with Crippen LogP contribution in [0.25, 0.3) is 0 Å². The van der Waals surface area contributed by atoms with Crippen molar-refractivity contribution in [1.29, 1.82) is 0 Å². The molecule has 0 aromatic rings. The van der Waals surface area contributed by atoms with Gasteiger partial charge in [0.25, 0.3) is 0 Å². The second kappa shape index (κ2) is 14.6. The highest BCUT2D eigenvalue weighted by Crippen LogP contribution is 2.39. The molecule has 254 valence electrons. The molecule has 3 rings (SSSR count). The number of rotatable bonds is 12. The molecule has 21 heteroatoms. The summed E-state index contributed by atoms with van der Waals surface area (Å²) >= 11 is 0. The summed E-state index contributed by atoms with van der Waals surface area (Å²) in [6.07, 6.45) is -20.5. The number of nitrogens with two attached hydrogens (primary N) is 3. The molecular weight excluding hydrogens is 606 g/mol. The number of hydrogen-bond acceptors (Lipinski definition) is 19. The summed E-state index contributed by atoms with van der Waals surface area (Å²) in [5, 5.41) is 101. The fraction of sp³-hybridized carbons (Fsp3) is 0.870. The zero-order chi connectivity index (χ0) is 33.3. The van der Waals surface area contributed by atoms with Crippen LogP contribution in [0.1, 0.15) is 6.42 Å². The SMILES string of the molecule is N[C@H]1[C@@H](OC2[C@@H](CO)O[C@@H](OC3[C@@H](CO)O[C@@H](O)[C@H](N)[C@H]3O)[C@H](N)[C@H]2O)O[C@@](CO)(C(CC(=O)O)C(=O)C(=O)O)[C@@H](O)[C@@H]1O. The van der Waals surface area contributed by atoms with E-state index in [4.69, 9.17) is 40.9 Å². The highest BCUT2D eigenvalue weighted by atomic mass is 16.7. The predicted molar refractivity (Wildman–Crippen MR) is 134 cm³/mol. The summed E-state index contributed by atoms with van der Waals surface area (Å²) < 4.78 is 27.6. The number of carboxylic acids is 2. The van der Waals surface area contributed by atoms with Gasteiger partial charge in [-0.1, -0.05) is 0 Å². The van der Waals surface area contributed by atoms with E-state index < -0.39 is 141 Å². The van der Waals surface area contributed by atoms with E-state index in [0.717, 1.165) is 0 Å². The number of aliphatic hydroxyl groups is 8. The van der Waals surface area contributed by atoms with Crippen LogP contribution in [-0.2, 0) is 38.1 Å². The lowest BCUT2D eigenvalue weighted by Gasteiger charge is -2.52. The zero-order valence-electron chi connectivity index (χ0n) is 23.0. The Morgan fingerprint density at radius 3 is 1.75 bits per heavy atom. The van der Waals surface area contributed by atoms with E-state index in [1.807, 2.05) is 0 Å². The Morgan fingerprint density at radius 1 is 0.750 bits per heavy atom. The Bertz CT molecular complexity index is 1020. The number of ketones is 1. The largest absolute Gasteiger partial charge is 0.481 e. The maximum atomic E-state index is 12.5. The summed E-state index contributed by atoms with van der Waals surface area (Å²) in [5.41, 5.74) is 14.9. The standard InChI is InChI=1S/C23H39N3O18/c24-9-13(33)16(6(2-27)40-20(9)39)42-21-10(25)14(34)17(7(3-28)41-21)43-22-11(26)15(35)18(36)23(4-29,44-22)5(1-8(30)31)12(32)19(37)38/h5-7,9-11,13-18,20-22,27-29,33-36,39H,1-4,24-26H2,(H,30,31)(H,37,38)/t5?,6-,7-,9-,10-,11-,13-,14-,15-,16?,17?,18+,20-,21+,22+,23+/m1/s1. The summed E-state index contributed by atoms with van der Waals surface area (Å²) in [6, 6.07) is -4.68. The lowest BCUT2D eigenvalue weighted by atomic mass is 9.73. The van der Waals surface area contributed by atoms with E-state index in [9.17, 15) is 65.4 Å². The number of ether oxygens (including phenoxy) is 5. The van der Waals surface area contributed by atoms with Crippen LogP contribution in [-0.4, -0.2) is 180 Å². The van der Waals surface area contributed by atoms with Crippen molar-refractivity contribution < 1.29 is 89.1 Å². The molecular formula is C23H39N3O18. The van der Waals surface area contributed by atoms with E-state index in [0.29, 0.717) is 0 Å². The van der Waals surface area contributed by atoms with E-state index >= 15 is 0 Å². The molecule has 3 unspecified atom stereocenters. The van der Waals surface area contributed by atoms with Crippen LogP contribution in [0, 0.1) is 5.92 Å². The molecule has 44 heavy (non-hydrogen) atoms. The monoisotopic (exact) mass is 645 g/mol. The molecule has 0 saturated carbocycles. The fourth-order valence-corrected chi connectivity index (χ4v) is 5.44. The van der Waals surface area contributed by atoms with Gasteiger partial charge >= 0.3 is 11.9 Å². The normalized spacial score (nSPS) is 45.4. The van der Waals surface area contributed by atoms with Crippen LogP contribution in [0.15, 0.2) is 0 Å². The molecule has 0 amide bonds. The highest BCUT2D eigenvalue weighted by molar-refractivity contribution is 6.34. The maximum Gasteiger partial charge on any atom is 0.372 e. The Labute approximate surface area is 248 Å². The third kappa shape index (κ3) is 6.87. The first-order valence-electron chi connectivity index (χ1n) is 13.3. The molecule has 0 aromatic heterocycles. The Balaban J connectivity index is 1.88. The van der Waals surface area contributed by atoms with Gasteiger partial charge in [0.15, 0.2) is 18.9 Å². The van der Waals surface area contributed by atoms with Gasteiger partial charge in [-0.05, 0) is 0 Å². The van der Waals surface area contributed by atoms with E-state index in [-0.39, 0.29) is 0 Å². The van der Waals surface area contributed by atoms with Crippen molar-refractivity contribution in [2.45, 2.75) is 97.8 Å². The fourth-order valence-electron chi connectivity index (χ4n) is 5.44. The van der Waals surface area contributed by atoms with Gasteiger partial charge in [-0.15, -0.1) is 0 Å². The second-order valence-electron chi connectivity index (χ2n) is 10.7. The minimum Gasteiger partial charge on any atom is -0.481 e. The third-order valence-electron chi connectivity index (χ3n) is 8.02. The van der Waals surface area contributed by atoms with Crippen LogP contribution >= 0.6 is 0 Å². The van der Waals surface area contributed by atoms with Gasteiger partial charge in [0.2, 0.25) is 5.78 Å². The van der Waals surface area contributed by atoms with Crippen molar-refractivity contribution in [3.8, 4) is 0 Å². The molecule has 0 aliphatic carbocycles. The molecule has 3 aliphatic rings. The molecule has 3 fully saturated rings. The van der Waals surface area contributed by atoms with Crippen molar-refractivity contribution in [1.82, 2.24) is 0 Å². The topological polar surface area (TPSA) is 378 Å². The first kappa shape index (κ1) is 36.4. The Morgan fingerprint density at radius 2 is 1.25 bits per heavy atom. The second-order valence-corrected chi connectivity index (χ2v) is 10.7. The molecule has 21 nitrogen and oxygen atoms in total. The van der Waals surface area contributed by atoms with Gasteiger partial charge in [-0.2, -0.15) is 0 Å². The Hall–Kier alpha value is -2.03. The van der Waals surface area contributed by atoms with Crippen LogP contribution in [0.3, 0.4) is 0 Å². The Kier molecular flexibility index (Phi) is 12.1. The minimum absolute atomic E-state index is 0.754. The molecule has 0 aromatic carbocycles. The first-order chi connectivity index (χ1) is 20.6. The number of carboxylic acid groups (broad SMARTS) is 2. The van der Waals surface area contributed by atoms with Crippen LogP contribution in [0.4, 0.5) is 0 Å². The van der Waals surface area contributed by atoms with Gasteiger partial charge in [0.05, 0.1) is 50.3 Å². The van der Waals surface area contributed by atoms with Crippen LogP contribution in [0.5, 0.6) is 0 Å². The molecule has 3 aliphatic heterocycles. The number of carbonyl (C=O) groups excluding carboxylic acids is 1. The van der Waals surface area contributed by atoms with E-state index in [1.165, 1.54) is 0 Å². The van der Waals surface area contributed by atoms with Gasteiger partial charge in [-0.3, -0.25) is 9.59 Å². The van der Waals surface area contributed by atoms with Crippen molar-refractivity contribution in [2.24, 2.45) is 23.1 Å². The average molecular weight is 646 g/mol. The summed E-state index contributed by atoms with van der Waals surface area (Å²) in [4.78, 5) is 35.4. The third-order valence-corrected chi connectivity index (χ3v) is 8.02. The number of aliphatic hydroxyl groups excluding tert-OH is 8. The summed E-state index contributed by atoms with van der Waals surface area (Å²) in [7, 11) is 0. The van der Waals surface area contributed by atoms with Gasteiger partial charge < -0.3 is 92.0 Å². The summed E-state index contributed by atoms with van der Waals surface area (Å²) in [6.45, 7) is -3.08. The number of hydrogen-bond donors (Lipinski definition) is 13. The molecule has 0 spiro atoms. The lowest BCUT2D eigenvalue weighted by molar-refractivity contribution is -0.364. The van der Waals surface area contributed by atoms with Crippen molar-refractivity contribution in [3.63, 3.8) is 0 Å². The molecule has 3 saturated heterocycles. The van der Waals surface area contributed by atoms with Crippen molar-refractivity contribution in [3.05, 3.63) is 0 Å². The average Bonchev–Trinajstić information content (AvgIpc) is 2.99. The smallest absolute Gasteiger partial charge is 0.372 e. The quantitative estimate of drug-likeness (QED) is 0.0876. The van der Waals surface area contributed by atoms with Crippen molar-refractivity contribution in [2.75, 3.05) is 19.8 Å². The summed E-state index contributed by atoms with van der Waals surface area (Å²) in [5.74, 6) is -7.93. The molecule has 0 radical (unpaired) electrons. The van der Waals surface area contributed by atoms with Crippen molar-refractivity contribution >= 4 is 17.7 Å². The minimum atomic E-state index is -2.80. The highest BCUT2D eigenvalue weighted by Gasteiger charge is 2.61. The van der Waals surface area contributed by atoms with E-state index in [2.05, 4.69) is 0 Å². The molecule has 0 bridgehead atoms. The molecule has 16 N–H and O–H groups in total. The molecule has 16 atom stereocenters. The number of Topliss-reactive ketones (excluding diaryl/α,β-unsaturated/α-hetero) is 1. The van der Waals surface area contributed by atoms with Gasteiger partial charge in [0, 0.05) is 0 Å². The lowest BCUT2D eigenvalue weighted by Crippen LogP contribution is -2.73. The first-order valence-corrected chi connectivity index (χ1v) is 13.3. The van der Waals surface area contributed by atoms with Gasteiger partial charge in [0.1, 0.15) is 54.4 Å². The zero-order valence-corrected chi connectivity index (χ0v) is 23.0. The predicted octanol–water partition coefficient (Wildman–Crippen LogP) is -8.56. The van der Waals surface area contributed by atoms with E-state index in [1.54, 1.807) is 0 Å². The maximum absolute atomic E-state index is 12.5. The number of aliphatic carboxylic acids is 2. The number of carbonyl (C=O) groups is 3. The van der Waals surface area contributed by atoms with Crippen LogP contribution < -0.4 is 17.2 Å². The van der Waals surface area contributed by atoms with Crippen LogP contribution in [0.2, 0.25) is 0 Å². The molecule has 3 heterocycles.